The number of carbonyl (C=O) groups excluding carboxylic acids is 1. The van der Waals surface area contributed by atoms with Gasteiger partial charge in [0.2, 0.25) is 0 Å². The van der Waals surface area contributed by atoms with Gasteiger partial charge in [-0.1, -0.05) is 12.1 Å². The average Bonchev–Trinajstić information content (AvgIpc) is 3.31. The Morgan fingerprint density at radius 1 is 1.31 bits per heavy atom. The van der Waals surface area contributed by atoms with E-state index >= 15 is 0 Å². The molecule has 0 spiro atoms. The summed E-state index contributed by atoms with van der Waals surface area (Å²) in [7, 11) is 0. The second-order valence-corrected chi connectivity index (χ2v) is 6.97. The Morgan fingerprint density at radius 2 is 2.21 bits per heavy atom. The summed E-state index contributed by atoms with van der Waals surface area (Å²) >= 11 is 0. The first kappa shape index (κ1) is 17.4. The van der Waals surface area contributed by atoms with E-state index < -0.39 is 0 Å². The lowest BCUT2D eigenvalue weighted by molar-refractivity contribution is -0.645. The fourth-order valence-corrected chi connectivity index (χ4v) is 3.88. The quantitative estimate of drug-likeness (QED) is 0.519. The number of aromatic nitrogens is 6. The molecule has 9 heteroatoms. The van der Waals surface area contributed by atoms with Crippen LogP contribution in [0, 0.1) is 6.92 Å². The number of fused-ring (bicyclic) bond motifs is 2. The molecule has 0 unspecified atom stereocenters. The second kappa shape index (κ2) is 6.69. The van der Waals surface area contributed by atoms with Gasteiger partial charge in [0, 0.05) is 12.0 Å². The van der Waals surface area contributed by atoms with E-state index in [1.165, 1.54) is 0 Å². The molecule has 3 aromatic heterocycles. The van der Waals surface area contributed by atoms with Gasteiger partial charge < -0.3 is 4.74 Å². The molecule has 4 aromatic rings. The van der Waals surface area contributed by atoms with Gasteiger partial charge in [-0.3, -0.25) is 4.79 Å². The predicted octanol–water partition coefficient (Wildman–Crippen LogP) is 1.91. The summed E-state index contributed by atoms with van der Waals surface area (Å²) < 4.78 is 9.04. The van der Waals surface area contributed by atoms with E-state index in [0.717, 1.165) is 22.6 Å². The van der Waals surface area contributed by atoms with Crippen molar-refractivity contribution in [3.8, 4) is 11.6 Å². The average molecular weight is 390 g/mol. The van der Waals surface area contributed by atoms with Crippen LogP contribution in [0.15, 0.2) is 42.7 Å². The number of benzene rings is 1. The van der Waals surface area contributed by atoms with Crippen LogP contribution in [0.4, 0.5) is 5.82 Å². The molecule has 1 aliphatic rings. The highest BCUT2D eigenvalue weighted by molar-refractivity contribution is 5.93. The van der Waals surface area contributed by atoms with E-state index in [1.807, 2.05) is 50.2 Å². The van der Waals surface area contributed by atoms with Gasteiger partial charge in [0.25, 0.3) is 11.7 Å². The molecule has 0 radical (unpaired) electrons. The molecule has 2 N–H and O–H groups in total. The minimum atomic E-state index is -0.0738. The molecule has 0 saturated carbocycles. The number of ether oxygens (including phenoxy) is 1. The number of carbonyl (C=O) groups is 1. The van der Waals surface area contributed by atoms with Gasteiger partial charge in [0.1, 0.15) is 5.75 Å². The Balaban J connectivity index is 1.63. The molecule has 9 nitrogen and oxygen atoms in total. The lowest BCUT2D eigenvalue weighted by Crippen LogP contribution is -2.40. The van der Waals surface area contributed by atoms with Crippen molar-refractivity contribution in [3.63, 3.8) is 0 Å². The van der Waals surface area contributed by atoms with Crippen LogP contribution in [0.5, 0.6) is 5.75 Å². The first-order valence-electron chi connectivity index (χ1n) is 9.48. The SMILES string of the molecule is CCOc1cccc([C@@H]2CC(=O)Nc3c2c(C)[nH][n+]3-c2ccc3nncn3n2)c1. The highest BCUT2D eigenvalue weighted by atomic mass is 16.5. The van der Waals surface area contributed by atoms with Crippen LogP contribution in [-0.2, 0) is 4.79 Å². The Hall–Kier alpha value is -3.75. The van der Waals surface area contributed by atoms with Gasteiger partial charge in [-0.2, -0.15) is 0 Å². The first-order chi connectivity index (χ1) is 14.1. The van der Waals surface area contributed by atoms with Crippen molar-refractivity contribution < 1.29 is 14.2 Å². The van der Waals surface area contributed by atoms with Crippen LogP contribution >= 0.6 is 0 Å². The fraction of sp³-hybridized carbons (Fsp3) is 0.250. The molecule has 0 aliphatic carbocycles. The summed E-state index contributed by atoms with van der Waals surface area (Å²) in [6.07, 6.45) is 1.92. The Labute approximate surface area is 166 Å². The zero-order valence-electron chi connectivity index (χ0n) is 16.1. The predicted molar refractivity (Wildman–Crippen MR) is 104 cm³/mol. The number of hydrogen-bond donors (Lipinski definition) is 2. The molecule has 1 aromatic carbocycles. The van der Waals surface area contributed by atoms with Gasteiger partial charge in [-0.05, 0) is 42.7 Å². The number of amides is 1. The zero-order valence-corrected chi connectivity index (χ0v) is 16.1. The third kappa shape index (κ3) is 2.91. The number of anilines is 1. The van der Waals surface area contributed by atoms with E-state index in [2.05, 4.69) is 25.7 Å². The van der Waals surface area contributed by atoms with E-state index in [4.69, 9.17) is 4.74 Å². The molecule has 146 valence electrons. The van der Waals surface area contributed by atoms with Crippen molar-refractivity contribution >= 4 is 17.4 Å². The maximum atomic E-state index is 12.6. The topological polar surface area (TPSA) is 101 Å². The normalized spacial score (nSPS) is 15.9. The van der Waals surface area contributed by atoms with E-state index in [0.29, 0.717) is 30.3 Å². The molecule has 29 heavy (non-hydrogen) atoms. The van der Waals surface area contributed by atoms with Crippen molar-refractivity contribution in [2.45, 2.75) is 26.2 Å². The van der Waals surface area contributed by atoms with Crippen molar-refractivity contribution in [1.82, 2.24) is 24.9 Å². The molecular weight excluding hydrogens is 370 g/mol. The van der Waals surface area contributed by atoms with Gasteiger partial charge in [0.05, 0.1) is 24.3 Å². The Kier molecular flexibility index (Phi) is 4.01. The number of aromatic amines is 1. The Bertz CT molecular complexity index is 1230. The minimum Gasteiger partial charge on any atom is -0.494 e. The van der Waals surface area contributed by atoms with Gasteiger partial charge >= 0.3 is 5.82 Å². The van der Waals surface area contributed by atoms with E-state index in [-0.39, 0.29) is 11.8 Å². The Morgan fingerprint density at radius 3 is 3.07 bits per heavy atom. The second-order valence-electron chi connectivity index (χ2n) is 6.97. The number of H-pyrrole nitrogens is 1. The number of nitrogens with zero attached hydrogens (tertiary/aromatic N) is 5. The smallest absolute Gasteiger partial charge is 0.309 e. The molecule has 0 bridgehead atoms. The van der Waals surface area contributed by atoms with Crippen molar-refractivity contribution in [1.29, 1.82) is 0 Å². The monoisotopic (exact) mass is 390 g/mol. The number of nitrogens with one attached hydrogen (secondary N) is 2. The van der Waals surface area contributed by atoms with Crippen LogP contribution in [0.2, 0.25) is 0 Å². The van der Waals surface area contributed by atoms with Gasteiger partial charge in [-0.15, -0.1) is 19.4 Å². The van der Waals surface area contributed by atoms with Crippen LogP contribution in [-0.4, -0.2) is 37.4 Å². The van der Waals surface area contributed by atoms with Crippen molar-refractivity contribution in [2.75, 3.05) is 11.9 Å². The molecule has 0 fully saturated rings. The first-order valence-corrected chi connectivity index (χ1v) is 9.48. The molecule has 4 heterocycles. The summed E-state index contributed by atoms with van der Waals surface area (Å²) in [5.41, 5.74) is 3.71. The van der Waals surface area contributed by atoms with Crippen molar-refractivity contribution in [2.24, 2.45) is 0 Å². The minimum absolute atomic E-state index is 0.0394. The number of hydrogen-bond acceptors (Lipinski definition) is 5. The summed E-state index contributed by atoms with van der Waals surface area (Å²) in [5, 5.41) is 18.7. The number of aryl methyl sites for hydroxylation is 1. The van der Waals surface area contributed by atoms with Crippen molar-refractivity contribution in [3.05, 3.63) is 59.5 Å². The lowest BCUT2D eigenvalue weighted by atomic mass is 9.86. The summed E-state index contributed by atoms with van der Waals surface area (Å²) in [6.45, 7) is 4.56. The molecule has 5 rings (SSSR count). The summed E-state index contributed by atoms with van der Waals surface area (Å²) in [4.78, 5) is 12.6. The van der Waals surface area contributed by atoms with E-state index in [9.17, 15) is 4.79 Å². The highest BCUT2D eigenvalue weighted by Crippen LogP contribution is 2.38. The maximum absolute atomic E-state index is 12.6. The van der Waals surface area contributed by atoms with Gasteiger partial charge in [0.15, 0.2) is 12.0 Å². The summed E-state index contributed by atoms with van der Waals surface area (Å²) in [6, 6.07) is 11.6. The zero-order chi connectivity index (χ0) is 20.0. The highest BCUT2D eigenvalue weighted by Gasteiger charge is 2.37. The largest absolute Gasteiger partial charge is 0.494 e. The van der Waals surface area contributed by atoms with Crippen LogP contribution in [0.3, 0.4) is 0 Å². The van der Waals surface area contributed by atoms with E-state index in [1.54, 1.807) is 15.5 Å². The fourth-order valence-electron chi connectivity index (χ4n) is 3.88. The molecule has 1 aliphatic heterocycles. The third-order valence-corrected chi connectivity index (χ3v) is 5.11. The van der Waals surface area contributed by atoms with Crippen LogP contribution in [0.1, 0.15) is 36.1 Å². The van der Waals surface area contributed by atoms with Crippen LogP contribution < -0.4 is 14.7 Å². The molecule has 1 atom stereocenters. The van der Waals surface area contributed by atoms with Gasteiger partial charge in [-0.25, -0.2) is 10.4 Å². The molecular formula is C20H20N7O2+. The molecule has 0 saturated heterocycles. The lowest BCUT2D eigenvalue weighted by Gasteiger charge is -2.21. The number of rotatable bonds is 4. The van der Waals surface area contributed by atoms with Crippen LogP contribution in [0.25, 0.3) is 11.5 Å². The summed E-state index contributed by atoms with van der Waals surface area (Å²) in [5.74, 6) is 2.02. The molecule has 1 amide bonds. The standard InChI is InChI=1S/C20H19N7O2/c1-3-29-14-6-4-5-13(9-14)15-10-18(28)22-20-19(15)12(2)24-27(20)17-8-7-16-23-21-11-26(16)25-17/h4-9,11,15H,3,10H2,1-2H3,(H,22,24,28)/p+1/t15-/m0/s1. The maximum Gasteiger partial charge on any atom is 0.309 e. The third-order valence-electron chi connectivity index (χ3n) is 5.11.